The molecular weight excluding hydrogens is 292 g/mol. The van der Waals surface area contributed by atoms with Gasteiger partial charge in [0.2, 0.25) is 0 Å². The molecule has 19 heavy (non-hydrogen) atoms. The lowest BCUT2D eigenvalue weighted by atomic mass is 10.6. The van der Waals surface area contributed by atoms with Crippen molar-refractivity contribution in [3.05, 3.63) is 15.4 Å². The molecule has 0 aliphatic carbocycles. The summed E-state index contributed by atoms with van der Waals surface area (Å²) in [5.74, 6) is -0.617. The lowest BCUT2D eigenvalue weighted by molar-refractivity contribution is -0.143. The third-order valence-corrected chi connectivity index (χ3v) is 5.82. The molecule has 0 bridgehead atoms. The fourth-order valence-corrected chi connectivity index (χ4v) is 4.30. The maximum atomic E-state index is 12.3. The first-order chi connectivity index (χ1) is 8.82. The van der Waals surface area contributed by atoms with Crippen LogP contribution in [0.3, 0.4) is 0 Å². The van der Waals surface area contributed by atoms with E-state index in [9.17, 15) is 18.0 Å². The Hall–Kier alpha value is -1.19. The average Bonchev–Trinajstić information content (AvgIpc) is 2.66. The van der Waals surface area contributed by atoms with Gasteiger partial charge in [-0.2, -0.15) is 4.31 Å². The fraction of sp³-hybridized carbons (Fsp3) is 0.600. The van der Waals surface area contributed by atoms with Crippen molar-refractivity contribution in [3.8, 4) is 0 Å². The number of carbonyl (C=O) groups excluding carboxylic acids is 1. The number of nitrogens with one attached hydrogen (secondary N) is 1. The van der Waals surface area contributed by atoms with E-state index in [-0.39, 0.29) is 29.6 Å². The summed E-state index contributed by atoms with van der Waals surface area (Å²) in [6.07, 6.45) is 0. The topological polar surface area (TPSA) is 96.5 Å². The summed E-state index contributed by atoms with van der Waals surface area (Å²) in [4.78, 5) is 24.5. The number of nitrogens with zero attached hydrogens (tertiary/aromatic N) is 1. The molecule has 1 aromatic rings. The Morgan fingerprint density at radius 1 is 1.42 bits per heavy atom. The van der Waals surface area contributed by atoms with E-state index in [1.54, 1.807) is 13.8 Å². The maximum Gasteiger partial charge on any atom is 0.321 e. The van der Waals surface area contributed by atoms with Crippen LogP contribution in [-0.2, 0) is 19.6 Å². The Morgan fingerprint density at radius 2 is 2.05 bits per heavy atom. The monoisotopic (exact) mass is 308 g/mol. The number of thiazole rings is 1. The predicted octanol–water partition coefficient (Wildman–Crippen LogP) is 0.319. The first kappa shape index (κ1) is 15.9. The molecule has 0 fully saturated rings. The molecule has 9 heteroatoms. The number of aromatic amines is 1. The number of esters is 1. The van der Waals surface area contributed by atoms with Crippen molar-refractivity contribution in [1.82, 2.24) is 9.29 Å². The predicted molar refractivity (Wildman–Crippen MR) is 70.7 cm³/mol. The third-order valence-electron chi connectivity index (χ3n) is 2.32. The highest BCUT2D eigenvalue weighted by molar-refractivity contribution is 7.91. The van der Waals surface area contributed by atoms with Crippen LogP contribution in [0.1, 0.15) is 19.5 Å². The summed E-state index contributed by atoms with van der Waals surface area (Å²) < 4.78 is 30.3. The van der Waals surface area contributed by atoms with Crippen LogP contribution in [0.25, 0.3) is 0 Å². The van der Waals surface area contributed by atoms with Crippen molar-refractivity contribution in [1.29, 1.82) is 0 Å². The average molecular weight is 308 g/mol. The van der Waals surface area contributed by atoms with Crippen LogP contribution in [0.4, 0.5) is 0 Å². The molecule has 0 unspecified atom stereocenters. The summed E-state index contributed by atoms with van der Waals surface area (Å²) in [5.41, 5.74) is 0.275. The zero-order valence-corrected chi connectivity index (χ0v) is 12.6. The Labute approximate surface area is 115 Å². The summed E-state index contributed by atoms with van der Waals surface area (Å²) in [6.45, 7) is 4.70. The van der Waals surface area contributed by atoms with Crippen LogP contribution in [0.15, 0.2) is 9.00 Å². The normalized spacial score (nSPS) is 11.8. The minimum absolute atomic E-state index is 0.0661. The summed E-state index contributed by atoms with van der Waals surface area (Å²) in [5, 5.41) is 0. The van der Waals surface area contributed by atoms with Gasteiger partial charge in [0.1, 0.15) is 6.54 Å². The van der Waals surface area contributed by atoms with Gasteiger partial charge >= 0.3 is 10.8 Å². The van der Waals surface area contributed by atoms with Gasteiger partial charge in [0.15, 0.2) is 4.21 Å². The lowest BCUT2D eigenvalue weighted by Gasteiger charge is -2.18. The number of likely N-dealkylation sites (N-methyl/N-ethyl adjacent to an activating group) is 1. The van der Waals surface area contributed by atoms with Crippen molar-refractivity contribution < 1.29 is 17.9 Å². The Morgan fingerprint density at radius 3 is 2.47 bits per heavy atom. The zero-order valence-electron chi connectivity index (χ0n) is 10.9. The van der Waals surface area contributed by atoms with E-state index in [4.69, 9.17) is 4.74 Å². The molecule has 1 aromatic heterocycles. The van der Waals surface area contributed by atoms with E-state index in [2.05, 4.69) is 4.98 Å². The van der Waals surface area contributed by atoms with Gasteiger partial charge in [-0.1, -0.05) is 18.3 Å². The molecular formula is C10H16N2O5S2. The largest absolute Gasteiger partial charge is 0.465 e. The minimum Gasteiger partial charge on any atom is -0.465 e. The van der Waals surface area contributed by atoms with Gasteiger partial charge in [0, 0.05) is 12.2 Å². The van der Waals surface area contributed by atoms with Gasteiger partial charge in [0.05, 0.1) is 6.61 Å². The standard InChI is InChI=1S/C10H16N2O5S2/c1-4-12(6-8(13)17-5-2)19(15,16)9-7(3)11-10(14)18-9/h4-6H2,1-3H3,(H,11,14). The smallest absolute Gasteiger partial charge is 0.321 e. The van der Waals surface area contributed by atoms with Gasteiger partial charge < -0.3 is 9.72 Å². The molecule has 0 saturated carbocycles. The SMILES string of the molecule is CCOC(=O)CN(CC)S(=O)(=O)c1sc(=O)[nH]c1C. The van der Waals surface area contributed by atoms with Crippen molar-refractivity contribution in [2.45, 2.75) is 25.0 Å². The summed E-state index contributed by atoms with van der Waals surface area (Å²) in [6, 6.07) is 0. The number of aromatic nitrogens is 1. The highest BCUT2D eigenvalue weighted by Crippen LogP contribution is 2.20. The first-order valence-electron chi connectivity index (χ1n) is 5.68. The van der Waals surface area contributed by atoms with E-state index in [0.29, 0.717) is 11.3 Å². The quantitative estimate of drug-likeness (QED) is 0.763. The third kappa shape index (κ3) is 3.64. The maximum absolute atomic E-state index is 12.3. The number of H-pyrrole nitrogens is 1. The molecule has 0 aromatic carbocycles. The molecule has 108 valence electrons. The van der Waals surface area contributed by atoms with Crippen LogP contribution >= 0.6 is 11.3 Å². The van der Waals surface area contributed by atoms with Crippen molar-refractivity contribution in [2.75, 3.05) is 19.7 Å². The van der Waals surface area contributed by atoms with Gasteiger partial charge in [-0.15, -0.1) is 0 Å². The second-order valence-electron chi connectivity index (χ2n) is 3.66. The second-order valence-corrected chi connectivity index (χ2v) is 6.78. The molecule has 0 spiro atoms. The number of ether oxygens (including phenoxy) is 1. The Kier molecular flexibility index (Phi) is 5.27. The Balaban J connectivity index is 3.06. The number of aryl methyl sites for hydroxylation is 1. The number of hydrogen-bond donors (Lipinski definition) is 1. The van der Waals surface area contributed by atoms with Crippen LogP contribution in [0.2, 0.25) is 0 Å². The summed E-state index contributed by atoms with van der Waals surface area (Å²) >= 11 is 0.613. The lowest BCUT2D eigenvalue weighted by Crippen LogP contribution is -2.36. The van der Waals surface area contributed by atoms with E-state index in [1.807, 2.05) is 0 Å². The highest BCUT2D eigenvalue weighted by Gasteiger charge is 2.29. The molecule has 0 atom stereocenters. The minimum atomic E-state index is -3.85. The number of sulfonamides is 1. The van der Waals surface area contributed by atoms with Gasteiger partial charge in [-0.3, -0.25) is 9.59 Å². The van der Waals surface area contributed by atoms with Gasteiger partial charge in [0.25, 0.3) is 10.0 Å². The summed E-state index contributed by atoms with van der Waals surface area (Å²) in [7, 11) is -3.85. The zero-order chi connectivity index (χ0) is 14.6. The van der Waals surface area contributed by atoms with Crippen LogP contribution in [0, 0.1) is 6.92 Å². The molecule has 0 amide bonds. The highest BCUT2D eigenvalue weighted by atomic mass is 32.2. The van der Waals surface area contributed by atoms with Crippen LogP contribution in [0.5, 0.6) is 0 Å². The number of hydrogen-bond acceptors (Lipinski definition) is 6. The van der Waals surface area contributed by atoms with E-state index in [0.717, 1.165) is 4.31 Å². The van der Waals surface area contributed by atoms with E-state index >= 15 is 0 Å². The molecule has 1 N–H and O–H groups in total. The Bertz CT molecular complexity index is 602. The molecule has 1 rings (SSSR count). The van der Waals surface area contributed by atoms with Gasteiger partial charge in [-0.25, -0.2) is 8.42 Å². The van der Waals surface area contributed by atoms with E-state index in [1.165, 1.54) is 6.92 Å². The van der Waals surface area contributed by atoms with Crippen LogP contribution in [-0.4, -0.2) is 43.4 Å². The molecule has 7 nitrogen and oxygen atoms in total. The van der Waals surface area contributed by atoms with Crippen molar-refractivity contribution >= 4 is 27.3 Å². The molecule has 0 aliphatic rings. The molecule has 0 radical (unpaired) electrons. The molecule has 0 saturated heterocycles. The molecule has 1 heterocycles. The molecule has 0 aliphatic heterocycles. The number of carbonyl (C=O) groups is 1. The van der Waals surface area contributed by atoms with Gasteiger partial charge in [-0.05, 0) is 13.8 Å². The van der Waals surface area contributed by atoms with E-state index < -0.39 is 20.9 Å². The first-order valence-corrected chi connectivity index (χ1v) is 7.94. The van der Waals surface area contributed by atoms with Crippen molar-refractivity contribution in [2.24, 2.45) is 0 Å². The number of rotatable bonds is 6. The van der Waals surface area contributed by atoms with Crippen LogP contribution < -0.4 is 4.87 Å². The second kappa shape index (κ2) is 6.31. The fourth-order valence-electron chi connectivity index (χ4n) is 1.47. The van der Waals surface area contributed by atoms with Crippen molar-refractivity contribution in [3.63, 3.8) is 0 Å².